The second kappa shape index (κ2) is 7.06. The van der Waals surface area contributed by atoms with Crippen LogP contribution in [0.2, 0.25) is 0 Å². The van der Waals surface area contributed by atoms with Gasteiger partial charge in [0.25, 0.3) is 0 Å². The topological polar surface area (TPSA) is 75.4 Å². The minimum absolute atomic E-state index is 0.153. The summed E-state index contributed by atoms with van der Waals surface area (Å²) in [6.07, 6.45) is -0.153. The van der Waals surface area contributed by atoms with E-state index in [2.05, 4.69) is 5.32 Å². The molecule has 1 aromatic rings. The first-order valence-electron chi connectivity index (χ1n) is 6.95. The molecule has 0 aliphatic rings. The second-order valence-electron chi connectivity index (χ2n) is 5.03. The first-order chi connectivity index (χ1) is 9.32. The van der Waals surface area contributed by atoms with Gasteiger partial charge >= 0.3 is 0 Å². The van der Waals surface area contributed by atoms with Crippen LogP contribution < -0.4 is 11.1 Å². The number of nitrogens with zero attached hydrogens (tertiary/aromatic N) is 1. The third-order valence-corrected chi connectivity index (χ3v) is 5.31. The number of nitrogens with two attached hydrogens (primary N) is 1. The Morgan fingerprint density at radius 3 is 2.05 bits per heavy atom. The molecule has 3 N–H and O–H groups in total. The SMILES string of the molecule is CCN(CC)S(=O)(=O)c1ccc(NC(N)C(C)C)cc1. The highest BCUT2D eigenvalue weighted by atomic mass is 32.2. The summed E-state index contributed by atoms with van der Waals surface area (Å²) in [6.45, 7) is 8.65. The minimum atomic E-state index is -3.39. The molecule has 114 valence electrons. The van der Waals surface area contributed by atoms with E-state index in [0.717, 1.165) is 5.69 Å². The van der Waals surface area contributed by atoms with Gasteiger partial charge in [0, 0.05) is 18.8 Å². The van der Waals surface area contributed by atoms with Crippen LogP contribution in [-0.2, 0) is 10.0 Å². The van der Waals surface area contributed by atoms with E-state index in [-0.39, 0.29) is 6.17 Å². The van der Waals surface area contributed by atoms with Crippen LogP contribution >= 0.6 is 0 Å². The molecule has 0 amide bonds. The van der Waals surface area contributed by atoms with Crippen molar-refractivity contribution in [3.63, 3.8) is 0 Å². The van der Waals surface area contributed by atoms with E-state index >= 15 is 0 Å². The van der Waals surface area contributed by atoms with Crippen molar-refractivity contribution < 1.29 is 8.42 Å². The molecule has 0 spiro atoms. The predicted molar refractivity (Wildman–Crippen MR) is 83.0 cm³/mol. The van der Waals surface area contributed by atoms with Crippen LogP contribution in [0.15, 0.2) is 29.2 Å². The van der Waals surface area contributed by atoms with Crippen molar-refractivity contribution in [3.8, 4) is 0 Å². The van der Waals surface area contributed by atoms with Gasteiger partial charge in [-0.3, -0.25) is 0 Å². The largest absolute Gasteiger partial charge is 0.370 e. The van der Waals surface area contributed by atoms with E-state index in [0.29, 0.717) is 23.9 Å². The Hall–Kier alpha value is -1.11. The van der Waals surface area contributed by atoms with Gasteiger partial charge in [-0.25, -0.2) is 8.42 Å². The van der Waals surface area contributed by atoms with Gasteiger partial charge in [0.05, 0.1) is 11.1 Å². The highest BCUT2D eigenvalue weighted by Crippen LogP contribution is 2.19. The molecule has 1 atom stereocenters. The zero-order valence-corrected chi connectivity index (χ0v) is 13.4. The quantitative estimate of drug-likeness (QED) is 0.756. The summed E-state index contributed by atoms with van der Waals surface area (Å²) >= 11 is 0. The average molecular weight is 299 g/mol. The Balaban J connectivity index is 2.91. The molecule has 0 aliphatic heterocycles. The van der Waals surface area contributed by atoms with Gasteiger partial charge in [-0.1, -0.05) is 27.7 Å². The van der Waals surface area contributed by atoms with E-state index in [1.165, 1.54) is 4.31 Å². The molecule has 0 saturated carbocycles. The maximum atomic E-state index is 12.3. The van der Waals surface area contributed by atoms with Crippen LogP contribution in [-0.4, -0.2) is 32.0 Å². The third kappa shape index (κ3) is 3.94. The normalized spacial score (nSPS) is 13.8. The maximum absolute atomic E-state index is 12.3. The van der Waals surface area contributed by atoms with Gasteiger partial charge in [-0.2, -0.15) is 4.31 Å². The van der Waals surface area contributed by atoms with Crippen molar-refractivity contribution in [1.82, 2.24) is 4.31 Å². The molecule has 20 heavy (non-hydrogen) atoms. The van der Waals surface area contributed by atoms with Gasteiger partial charge < -0.3 is 11.1 Å². The fraction of sp³-hybridized carbons (Fsp3) is 0.571. The van der Waals surface area contributed by atoms with Crippen LogP contribution in [0.4, 0.5) is 5.69 Å². The van der Waals surface area contributed by atoms with Gasteiger partial charge in [-0.15, -0.1) is 0 Å². The summed E-state index contributed by atoms with van der Waals surface area (Å²) < 4.78 is 26.1. The molecule has 6 heteroatoms. The standard InChI is InChI=1S/C14H25N3O2S/c1-5-17(6-2)20(18,19)13-9-7-12(8-10-13)16-14(15)11(3)4/h7-11,14,16H,5-6,15H2,1-4H3. The summed E-state index contributed by atoms with van der Waals surface area (Å²) in [7, 11) is -3.39. The second-order valence-corrected chi connectivity index (χ2v) is 6.97. The maximum Gasteiger partial charge on any atom is 0.243 e. The molecule has 0 saturated heterocycles. The first-order valence-corrected chi connectivity index (χ1v) is 8.39. The number of benzene rings is 1. The van der Waals surface area contributed by atoms with E-state index in [1.54, 1.807) is 24.3 Å². The van der Waals surface area contributed by atoms with Crippen molar-refractivity contribution >= 4 is 15.7 Å². The number of anilines is 1. The van der Waals surface area contributed by atoms with E-state index < -0.39 is 10.0 Å². The number of rotatable bonds is 7. The Bertz CT molecular complexity index is 508. The zero-order valence-electron chi connectivity index (χ0n) is 12.6. The molecule has 0 bridgehead atoms. The average Bonchev–Trinajstić information content (AvgIpc) is 2.40. The molecule has 0 aliphatic carbocycles. The lowest BCUT2D eigenvalue weighted by atomic mass is 10.1. The molecule has 5 nitrogen and oxygen atoms in total. The number of hydrogen-bond donors (Lipinski definition) is 2. The summed E-state index contributed by atoms with van der Waals surface area (Å²) in [5.41, 5.74) is 6.75. The summed E-state index contributed by atoms with van der Waals surface area (Å²) in [4.78, 5) is 0.310. The fourth-order valence-electron chi connectivity index (χ4n) is 1.79. The highest BCUT2D eigenvalue weighted by molar-refractivity contribution is 7.89. The molecular weight excluding hydrogens is 274 g/mol. The predicted octanol–water partition coefficient (Wildman–Crippen LogP) is 2.07. The molecule has 0 fully saturated rings. The number of nitrogens with one attached hydrogen (secondary N) is 1. The fourth-order valence-corrected chi connectivity index (χ4v) is 3.25. The van der Waals surface area contributed by atoms with Crippen molar-refractivity contribution in [2.24, 2.45) is 11.7 Å². The monoisotopic (exact) mass is 299 g/mol. The lowest BCUT2D eigenvalue weighted by Crippen LogP contribution is -2.34. The van der Waals surface area contributed by atoms with Gasteiger partial charge in [0.15, 0.2) is 0 Å². The Morgan fingerprint density at radius 2 is 1.65 bits per heavy atom. The first kappa shape index (κ1) is 16.9. The lowest BCUT2D eigenvalue weighted by Gasteiger charge is -2.20. The molecule has 0 heterocycles. The van der Waals surface area contributed by atoms with Gasteiger partial charge in [0.1, 0.15) is 0 Å². The lowest BCUT2D eigenvalue weighted by molar-refractivity contribution is 0.445. The van der Waals surface area contributed by atoms with Crippen molar-refractivity contribution in [3.05, 3.63) is 24.3 Å². The molecule has 1 unspecified atom stereocenters. The Labute approximate surface area is 122 Å². The van der Waals surface area contributed by atoms with Crippen molar-refractivity contribution in [1.29, 1.82) is 0 Å². The Morgan fingerprint density at radius 1 is 1.15 bits per heavy atom. The molecule has 1 aromatic carbocycles. The van der Waals surface area contributed by atoms with Crippen LogP contribution in [0.25, 0.3) is 0 Å². The highest BCUT2D eigenvalue weighted by Gasteiger charge is 2.21. The van der Waals surface area contributed by atoms with Crippen LogP contribution in [0, 0.1) is 5.92 Å². The minimum Gasteiger partial charge on any atom is -0.370 e. The van der Waals surface area contributed by atoms with E-state index in [9.17, 15) is 8.42 Å². The molecule has 0 radical (unpaired) electrons. The van der Waals surface area contributed by atoms with Crippen LogP contribution in [0.3, 0.4) is 0 Å². The number of hydrogen-bond acceptors (Lipinski definition) is 4. The summed E-state index contributed by atoms with van der Waals surface area (Å²) in [5, 5.41) is 3.15. The number of sulfonamides is 1. The molecule has 1 rings (SSSR count). The molecule has 0 aromatic heterocycles. The zero-order chi connectivity index (χ0) is 15.3. The Kier molecular flexibility index (Phi) is 5.98. The van der Waals surface area contributed by atoms with E-state index in [1.807, 2.05) is 27.7 Å². The van der Waals surface area contributed by atoms with Gasteiger partial charge in [0.2, 0.25) is 10.0 Å². The van der Waals surface area contributed by atoms with Crippen molar-refractivity contribution in [2.45, 2.75) is 38.8 Å². The van der Waals surface area contributed by atoms with Gasteiger partial charge in [-0.05, 0) is 30.2 Å². The summed E-state index contributed by atoms with van der Waals surface area (Å²) in [6, 6.07) is 6.73. The summed E-state index contributed by atoms with van der Waals surface area (Å²) in [5.74, 6) is 0.300. The third-order valence-electron chi connectivity index (χ3n) is 3.25. The molecular formula is C14H25N3O2S. The van der Waals surface area contributed by atoms with Crippen LogP contribution in [0.5, 0.6) is 0 Å². The van der Waals surface area contributed by atoms with Crippen LogP contribution in [0.1, 0.15) is 27.7 Å². The van der Waals surface area contributed by atoms with E-state index in [4.69, 9.17) is 5.73 Å². The van der Waals surface area contributed by atoms with Crippen molar-refractivity contribution in [2.75, 3.05) is 18.4 Å². The smallest absolute Gasteiger partial charge is 0.243 e.